The average Bonchev–Trinajstić information content (AvgIpc) is 2.44. The zero-order valence-electron chi connectivity index (χ0n) is 11.9. The van der Waals surface area contributed by atoms with Gasteiger partial charge in [0.15, 0.2) is 0 Å². The van der Waals surface area contributed by atoms with E-state index in [2.05, 4.69) is 16.3 Å². The van der Waals surface area contributed by atoms with E-state index in [-0.39, 0.29) is 11.9 Å². The van der Waals surface area contributed by atoms with Crippen molar-refractivity contribution in [3.8, 4) is 6.07 Å². The van der Waals surface area contributed by atoms with Crippen LogP contribution >= 0.6 is 0 Å². The topological polar surface area (TPSA) is 56.1 Å². The number of carbonyl (C=O) groups excluding carboxylic acids is 1. The number of benzene rings is 1. The molecule has 1 aromatic rings. The monoisotopic (exact) mass is 271 g/mol. The summed E-state index contributed by atoms with van der Waals surface area (Å²) in [5.74, 6) is 0.0954. The van der Waals surface area contributed by atoms with E-state index in [9.17, 15) is 4.79 Å². The fourth-order valence-corrected chi connectivity index (χ4v) is 2.60. The molecule has 1 heterocycles. The molecular formula is C16H21N3O. The van der Waals surface area contributed by atoms with Crippen LogP contribution in [0.1, 0.15) is 24.0 Å². The van der Waals surface area contributed by atoms with Gasteiger partial charge in [0.2, 0.25) is 5.91 Å². The van der Waals surface area contributed by atoms with Gasteiger partial charge in [0.05, 0.1) is 19.0 Å². The third-order valence-electron chi connectivity index (χ3n) is 3.86. The van der Waals surface area contributed by atoms with Crippen LogP contribution in [0.4, 0.5) is 0 Å². The van der Waals surface area contributed by atoms with E-state index < -0.39 is 0 Å². The van der Waals surface area contributed by atoms with Crippen LogP contribution < -0.4 is 5.32 Å². The van der Waals surface area contributed by atoms with Crippen molar-refractivity contribution in [2.75, 3.05) is 19.6 Å². The molecule has 1 aromatic carbocycles. The maximum absolute atomic E-state index is 12.1. The number of aryl methyl sites for hydroxylation is 1. The van der Waals surface area contributed by atoms with E-state index in [4.69, 9.17) is 5.26 Å². The number of hydrogen-bond acceptors (Lipinski definition) is 3. The van der Waals surface area contributed by atoms with E-state index in [0.717, 1.165) is 37.1 Å². The summed E-state index contributed by atoms with van der Waals surface area (Å²) >= 11 is 0. The Kier molecular flexibility index (Phi) is 5.14. The van der Waals surface area contributed by atoms with Crippen molar-refractivity contribution in [2.24, 2.45) is 0 Å². The van der Waals surface area contributed by atoms with Gasteiger partial charge in [-0.15, -0.1) is 0 Å². The van der Waals surface area contributed by atoms with E-state index in [0.29, 0.717) is 13.0 Å². The van der Waals surface area contributed by atoms with Gasteiger partial charge in [0.1, 0.15) is 0 Å². The standard InChI is InChI=1S/C16H21N3O/c1-13-4-2-3-5-14(13)12-16(20)18-15-6-9-19(10-7-15)11-8-17/h2-5,15H,6-7,9-12H2,1H3,(H,18,20). The maximum atomic E-state index is 12.1. The van der Waals surface area contributed by atoms with Crippen LogP contribution in [0, 0.1) is 18.3 Å². The van der Waals surface area contributed by atoms with Crippen molar-refractivity contribution in [1.29, 1.82) is 5.26 Å². The van der Waals surface area contributed by atoms with Gasteiger partial charge in [-0.2, -0.15) is 5.26 Å². The summed E-state index contributed by atoms with van der Waals surface area (Å²) in [6.07, 6.45) is 2.31. The van der Waals surface area contributed by atoms with Crippen LogP contribution in [0.15, 0.2) is 24.3 Å². The Balaban J connectivity index is 1.79. The van der Waals surface area contributed by atoms with E-state index in [1.54, 1.807) is 0 Å². The Labute approximate surface area is 120 Å². The molecule has 20 heavy (non-hydrogen) atoms. The first-order valence-corrected chi connectivity index (χ1v) is 7.12. The van der Waals surface area contributed by atoms with E-state index >= 15 is 0 Å². The molecule has 2 rings (SSSR count). The second-order valence-electron chi connectivity index (χ2n) is 5.38. The van der Waals surface area contributed by atoms with Crippen molar-refractivity contribution in [3.05, 3.63) is 35.4 Å². The lowest BCUT2D eigenvalue weighted by molar-refractivity contribution is -0.121. The van der Waals surface area contributed by atoms with Crippen LogP contribution in [-0.4, -0.2) is 36.5 Å². The van der Waals surface area contributed by atoms with Gasteiger partial charge in [0.25, 0.3) is 0 Å². The first-order valence-electron chi connectivity index (χ1n) is 7.12. The number of likely N-dealkylation sites (tertiary alicyclic amines) is 1. The van der Waals surface area contributed by atoms with E-state index in [1.807, 2.05) is 31.2 Å². The van der Waals surface area contributed by atoms with Crippen molar-refractivity contribution < 1.29 is 4.79 Å². The van der Waals surface area contributed by atoms with Crippen LogP contribution in [0.2, 0.25) is 0 Å². The molecular weight excluding hydrogens is 250 g/mol. The highest BCUT2D eigenvalue weighted by atomic mass is 16.1. The van der Waals surface area contributed by atoms with Crippen molar-refractivity contribution in [1.82, 2.24) is 10.2 Å². The minimum atomic E-state index is 0.0954. The predicted octanol–water partition coefficient (Wildman–Crippen LogP) is 1.64. The van der Waals surface area contributed by atoms with Gasteiger partial charge in [0, 0.05) is 19.1 Å². The van der Waals surface area contributed by atoms with Gasteiger partial charge < -0.3 is 5.32 Å². The highest BCUT2D eigenvalue weighted by Crippen LogP contribution is 2.11. The second kappa shape index (κ2) is 7.06. The normalized spacial score (nSPS) is 16.6. The molecule has 0 spiro atoms. The third-order valence-corrected chi connectivity index (χ3v) is 3.86. The number of carbonyl (C=O) groups is 1. The fraction of sp³-hybridized carbons (Fsp3) is 0.500. The minimum absolute atomic E-state index is 0.0954. The Morgan fingerprint density at radius 1 is 1.40 bits per heavy atom. The molecule has 1 aliphatic rings. The summed E-state index contributed by atoms with van der Waals surface area (Å²) in [5.41, 5.74) is 2.25. The van der Waals surface area contributed by atoms with Gasteiger partial charge >= 0.3 is 0 Å². The molecule has 0 saturated carbocycles. The van der Waals surface area contributed by atoms with Crippen molar-refractivity contribution in [2.45, 2.75) is 32.2 Å². The molecule has 0 atom stereocenters. The quantitative estimate of drug-likeness (QED) is 0.847. The van der Waals surface area contributed by atoms with Gasteiger partial charge in [-0.1, -0.05) is 24.3 Å². The molecule has 0 radical (unpaired) electrons. The summed E-state index contributed by atoms with van der Waals surface area (Å²) in [5, 5.41) is 11.8. The number of nitrogens with one attached hydrogen (secondary N) is 1. The summed E-state index contributed by atoms with van der Waals surface area (Å²) < 4.78 is 0. The fourth-order valence-electron chi connectivity index (χ4n) is 2.60. The Morgan fingerprint density at radius 3 is 2.75 bits per heavy atom. The predicted molar refractivity (Wildman–Crippen MR) is 78.1 cm³/mol. The SMILES string of the molecule is Cc1ccccc1CC(=O)NC1CCN(CC#N)CC1. The number of amides is 1. The molecule has 0 aromatic heterocycles. The summed E-state index contributed by atoms with van der Waals surface area (Å²) in [7, 11) is 0. The van der Waals surface area contributed by atoms with Crippen LogP contribution in [0.3, 0.4) is 0 Å². The van der Waals surface area contributed by atoms with E-state index in [1.165, 1.54) is 0 Å². The van der Waals surface area contributed by atoms with Crippen molar-refractivity contribution >= 4 is 5.91 Å². The smallest absolute Gasteiger partial charge is 0.224 e. The molecule has 1 aliphatic heterocycles. The molecule has 1 amide bonds. The molecule has 1 N–H and O–H groups in total. The van der Waals surface area contributed by atoms with Crippen LogP contribution in [0.5, 0.6) is 0 Å². The first kappa shape index (κ1) is 14.5. The molecule has 1 fully saturated rings. The second-order valence-corrected chi connectivity index (χ2v) is 5.38. The first-order chi connectivity index (χ1) is 9.69. The molecule has 4 heteroatoms. The molecule has 4 nitrogen and oxygen atoms in total. The summed E-state index contributed by atoms with van der Waals surface area (Å²) in [6, 6.07) is 10.4. The third kappa shape index (κ3) is 4.07. The highest BCUT2D eigenvalue weighted by Gasteiger charge is 2.20. The Hall–Kier alpha value is -1.86. The van der Waals surface area contributed by atoms with Gasteiger partial charge in [-0.05, 0) is 30.9 Å². The van der Waals surface area contributed by atoms with Gasteiger partial charge in [-0.3, -0.25) is 9.69 Å². The van der Waals surface area contributed by atoms with Crippen LogP contribution in [0.25, 0.3) is 0 Å². The largest absolute Gasteiger partial charge is 0.353 e. The summed E-state index contributed by atoms with van der Waals surface area (Å²) in [4.78, 5) is 14.2. The molecule has 0 bridgehead atoms. The maximum Gasteiger partial charge on any atom is 0.224 e. The number of nitrogens with zero attached hydrogens (tertiary/aromatic N) is 2. The molecule has 0 unspecified atom stereocenters. The lowest BCUT2D eigenvalue weighted by Crippen LogP contribution is -2.45. The Morgan fingerprint density at radius 2 is 2.10 bits per heavy atom. The zero-order chi connectivity index (χ0) is 14.4. The average molecular weight is 271 g/mol. The number of piperidine rings is 1. The molecule has 106 valence electrons. The molecule has 1 saturated heterocycles. The zero-order valence-corrected chi connectivity index (χ0v) is 11.9. The highest BCUT2D eigenvalue weighted by molar-refractivity contribution is 5.79. The Bertz CT molecular complexity index is 499. The van der Waals surface area contributed by atoms with Crippen LogP contribution in [-0.2, 0) is 11.2 Å². The number of rotatable bonds is 4. The number of hydrogen-bond donors (Lipinski definition) is 1. The van der Waals surface area contributed by atoms with Gasteiger partial charge in [-0.25, -0.2) is 0 Å². The minimum Gasteiger partial charge on any atom is -0.353 e. The number of nitriles is 1. The lowest BCUT2D eigenvalue weighted by atomic mass is 10.0. The lowest BCUT2D eigenvalue weighted by Gasteiger charge is -2.30. The summed E-state index contributed by atoms with van der Waals surface area (Å²) in [6.45, 7) is 4.30. The molecule has 0 aliphatic carbocycles. The van der Waals surface area contributed by atoms with Crippen molar-refractivity contribution in [3.63, 3.8) is 0 Å².